The molecule has 0 bridgehead atoms. The Morgan fingerprint density at radius 1 is 1.71 bits per heavy atom. The van der Waals surface area contributed by atoms with E-state index in [0.717, 1.165) is 17.9 Å². The van der Waals surface area contributed by atoms with Gasteiger partial charge in [-0.3, -0.25) is 14.7 Å². The summed E-state index contributed by atoms with van der Waals surface area (Å²) >= 11 is 1.75. The minimum Gasteiger partial charge on any atom is -0.459 e. The van der Waals surface area contributed by atoms with E-state index in [1.165, 1.54) is 6.07 Å². The fourth-order valence-electron chi connectivity index (χ4n) is 1.60. The summed E-state index contributed by atoms with van der Waals surface area (Å²) in [6.45, 7) is 1.70. The van der Waals surface area contributed by atoms with E-state index in [1.54, 1.807) is 18.7 Å². The SMILES string of the molecule is Cc1cc(=O)c(COC(=O)C2CCSC2)n[nH]1. The first-order valence-corrected chi connectivity index (χ1v) is 6.62. The van der Waals surface area contributed by atoms with Crippen molar-refractivity contribution in [2.75, 3.05) is 11.5 Å². The number of carbonyl (C=O) groups excluding carboxylic acids is 1. The van der Waals surface area contributed by atoms with Crippen LogP contribution < -0.4 is 5.43 Å². The Bertz CT molecular complexity index is 466. The number of nitrogens with one attached hydrogen (secondary N) is 1. The zero-order valence-corrected chi connectivity index (χ0v) is 10.4. The zero-order valence-electron chi connectivity index (χ0n) is 9.56. The van der Waals surface area contributed by atoms with Gasteiger partial charge in [-0.15, -0.1) is 0 Å². The van der Waals surface area contributed by atoms with Crippen LogP contribution in [0.3, 0.4) is 0 Å². The quantitative estimate of drug-likeness (QED) is 0.810. The number of ether oxygens (including phenoxy) is 1. The van der Waals surface area contributed by atoms with Gasteiger partial charge in [0.25, 0.3) is 0 Å². The van der Waals surface area contributed by atoms with Crippen molar-refractivity contribution in [3.63, 3.8) is 0 Å². The number of hydrogen-bond donors (Lipinski definition) is 1. The average molecular weight is 254 g/mol. The Balaban J connectivity index is 1.93. The molecule has 17 heavy (non-hydrogen) atoms. The first-order valence-electron chi connectivity index (χ1n) is 5.46. The number of hydrogen-bond acceptors (Lipinski definition) is 5. The number of nitrogens with zero attached hydrogens (tertiary/aromatic N) is 1. The Morgan fingerprint density at radius 2 is 2.53 bits per heavy atom. The first kappa shape index (κ1) is 12.2. The summed E-state index contributed by atoms with van der Waals surface area (Å²) in [6.07, 6.45) is 0.862. The minimum absolute atomic E-state index is 0.0236. The molecule has 1 aromatic heterocycles. The molecule has 0 aliphatic carbocycles. The van der Waals surface area contributed by atoms with Gasteiger partial charge in [0.05, 0.1) is 5.92 Å². The van der Waals surface area contributed by atoms with Gasteiger partial charge < -0.3 is 4.74 Å². The van der Waals surface area contributed by atoms with Gasteiger partial charge in [0.1, 0.15) is 12.3 Å². The van der Waals surface area contributed by atoms with Crippen LogP contribution in [0, 0.1) is 12.8 Å². The second-order valence-corrected chi connectivity index (χ2v) is 5.18. The van der Waals surface area contributed by atoms with Crippen molar-refractivity contribution >= 4 is 17.7 Å². The molecule has 2 heterocycles. The fourth-order valence-corrected chi connectivity index (χ4v) is 2.81. The zero-order chi connectivity index (χ0) is 12.3. The third kappa shape index (κ3) is 3.09. The maximum absolute atomic E-state index is 11.6. The van der Waals surface area contributed by atoms with E-state index < -0.39 is 0 Å². The predicted octanol–water partition coefficient (Wildman–Crippen LogP) is 0.875. The summed E-state index contributed by atoms with van der Waals surface area (Å²) in [7, 11) is 0. The topological polar surface area (TPSA) is 72.1 Å². The van der Waals surface area contributed by atoms with E-state index in [9.17, 15) is 9.59 Å². The van der Waals surface area contributed by atoms with E-state index in [0.29, 0.717) is 5.69 Å². The van der Waals surface area contributed by atoms with Crippen LogP contribution >= 0.6 is 11.8 Å². The number of rotatable bonds is 3. The Labute approximate surface area is 103 Å². The molecule has 0 amide bonds. The van der Waals surface area contributed by atoms with Gasteiger partial charge in [-0.2, -0.15) is 16.9 Å². The van der Waals surface area contributed by atoms with Crippen LogP contribution in [0.4, 0.5) is 0 Å². The van der Waals surface area contributed by atoms with Gasteiger partial charge in [0, 0.05) is 17.5 Å². The maximum atomic E-state index is 11.6. The highest BCUT2D eigenvalue weighted by Crippen LogP contribution is 2.24. The van der Waals surface area contributed by atoms with Crippen LogP contribution in [0.5, 0.6) is 0 Å². The lowest BCUT2D eigenvalue weighted by Gasteiger charge is -2.08. The third-order valence-electron chi connectivity index (χ3n) is 2.61. The fraction of sp³-hybridized carbons (Fsp3) is 0.545. The number of aromatic nitrogens is 2. The van der Waals surface area contributed by atoms with Crippen LogP contribution in [-0.2, 0) is 16.1 Å². The molecule has 0 aromatic carbocycles. The molecule has 0 spiro atoms. The molecule has 1 atom stereocenters. The highest BCUT2D eigenvalue weighted by Gasteiger charge is 2.24. The second-order valence-electron chi connectivity index (χ2n) is 4.03. The summed E-state index contributed by atoms with van der Waals surface area (Å²) < 4.78 is 5.10. The van der Waals surface area contributed by atoms with E-state index >= 15 is 0 Å². The standard InChI is InChI=1S/C11H14N2O3S/c1-7-4-10(14)9(13-12-7)5-16-11(15)8-2-3-17-6-8/h4,8H,2-3,5-6H2,1H3,(H,12,14). The summed E-state index contributed by atoms with van der Waals surface area (Å²) in [6, 6.07) is 1.45. The molecule has 5 nitrogen and oxygen atoms in total. The van der Waals surface area contributed by atoms with Crippen LogP contribution in [0.25, 0.3) is 0 Å². The van der Waals surface area contributed by atoms with Crippen molar-refractivity contribution in [2.45, 2.75) is 20.0 Å². The molecule has 1 saturated heterocycles. The minimum atomic E-state index is -0.225. The molecule has 1 aliphatic heterocycles. The summed E-state index contributed by atoms with van der Waals surface area (Å²) in [4.78, 5) is 23.1. The van der Waals surface area contributed by atoms with Crippen LogP contribution in [0.2, 0.25) is 0 Å². The third-order valence-corrected chi connectivity index (χ3v) is 3.78. The molecule has 6 heteroatoms. The van der Waals surface area contributed by atoms with Gasteiger partial charge in [-0.1, -0.05) is 0 Å². The summed E-state index contributed by atoms with van der Waals surface area (Å²) in [5.41, 5.74) is 0.738. The number of thioether (sulfide) groups is 1. The maximum Gasteiger partial charge on any atom is 0.310 e. The molecule has 1 N–H and O–H groups in total. The lowest BCUT2D eigenvalue weighted by atomic mass is 10.1. The molecule has 1 fully saturated rings. The molecule has 0 radical (unpaired) electrons. The summed E-state index contributed by atoms with van der Waals surface area (Å²) in [5, 5.41) is 6.55. The van der Waals surface area contributed by atoms with Crippen molar-refractivity contribution in [3.05, 3.63) is 27.7 Å². The van der Waals surface area contributed by atoms with E-state index in [4.69, 9.17) is 4.74 Å². The average Bonchev–Trinajstić information content (AvgIpc) is 2.81. The molecule has 0 saturated carbocycles. The lowest BCUT2D eigenvalue weighted by molar-refractivity contribution is -0.149. The Hall–Kier alpha value is -1.30. The van der Waals surface area contributed by atoms with Gasteiger partial charge >= 0.3 is 5.97 Å². The lowest BCUT2D eigenvalue weighted by Crippen LogP contribution is -2.20. The second kappa shape index (κ2) is 5.35. The Kier molecular flexibility index (Phi) is 3.83. The highest BCUT2D eigenvalue weighted by atomic mass is 32.2. The molecular formula is C11H14N2O3S. The molecule has 92 valence electrons. The largest absolute Gasteiger partial charge is 0.459 e. The molecule has 1 aliphatic rings. The van der Waals surface area contributed by atoms with E-state index in [-0.39, 0.29) is 29.6 Å². The number of esters is 1. The molecule has 1 unspecified atom stereocenters. The van der Waals surface area contributed by atoms with Crippen LogP contribution in [-0.4, -0.2) is 27.7 Å². The number of aromatic amines is 1. The van der Waals surface area contributed by atoms with Gasteiger partial charge in [-0.05, 0) is 19.1 Å². The molecule has 1 aromatic rings. The Morgan fingerprint density at radius 3 is 3.18 bits per heavy atom. The van der Waals surface area contributed by atoms with Crippen molar-refractivity contribution in [2.24, 2.45) is 5.92 Å². The van der Waals surface area contributed by atoms with E-state index in [1.807, 2.05) is 0 Å². The smallest absolute Gasteiger partial charge is 0.310 e. The number of aryl methyl sites for hydroxylation is 1. The molecule has 2 rings (SSSR count). The highest BCUT2D eigenvalue weighted by molar-refractivity contribution is 7.99. The van der Waals surface area contributed by atoms with Crippen LogP contribution in [0.15, 0.2) is 10.9 Å². The normalized spacial score (nSPS) is 19.2. The van der Waals surface area contributed by atoms with Crippen LogP contribution in [0.1, 0.15) is 17.8 Å². The van der Waals surface area contributed by atoms with Gasteiger partial charge in [0.2, 0.25) is 5.43 Å². The van der Waals surface area contributed by atoms with Crippen molar-refractivity contribution < 1.29 is 9.53 Å². The van der Waals surface area contributed by atoms with Gasteiger partial charge in [-0.25, -0.2) is 0 Å². The van der Waals surface area contributed by atoms with Crippen molar-refractivity contribution in [3.8, 4) is 0 Å². The number of H-pyrrole nitrogens is 1. The number of carbonyl (C=O) groups is 1. The monoisotopic (exact) mass is 254 g/mol. The van der Waals surface area contributed by atoms with Gasteiger partial charge in [0.15, 0.2) is 0 Å². The van der Waals surface area contributed by atoms with E-state index in [2.05, 4.69) is 10.2 Å². The van der Waals surface area contributed by atoms with Crippen molar-refractivity contribution in [1.29, 1.82) is 0 Å². The molecular weight excluding hydrogens is 240 g/mol. The summed E-state index contributed by atoms with van der Waals surface area (Å²) in [5.74, 6) is 1.57. The predicted molar refractivity (Wildman–Crippen MR) is 64.8 cm³/mol. The van der Waals surface area contributed by atoms with Crippen molar-refractivity contribution in [1.82, 2.24) is 10.2 Å². The first-order chi connectivity index (χ1) is 8.16.